The first-order valence-corrected chi connectivity index (χ1v) is 4.38. The van der Waals surface area contributed by atoms with E-state index in [-0.39, 0.29) is 12.4 Å². The Kier molecular flexibility index (Phi) is 7.70. The van der Waals surface area contributed by atoms with Crippen LogP contribution in [0.4, 0.5) is 0 Å². The summed E-state index contributed by atoms with van der Waals surface area (Å²) in [5, 5.41) is 7.94. The molecule has 0 aliphatic rings. The highest BCUT2D eigenvalue weighted by molar-refractivity contribution is 5.93. The minimum atomic E-state index is 0.121. The maximum atomic E-state index is 10.6. The number of aliphatic hydroxyl groups excluding tert-OH is 1. The van der Waals surface area contributed by atoms with Crippen LogP contribution < -0.4 is 0 Å². The van der Waals surface area contributed by atoms with Gasteiger partial charge >= 0.3 is 0 Å². The second-order valence-electron chi connectivity index (χ2n) is 2.64. The highest BCUT2D eigenvalue weighted by Gasteiger charge is 1.92. The lowest BCUT2D eigenvalue weighted by Gasteiger charge is -1.89. The van der Waals surface area contributed by atoms with Gasteiger partial charge in [0.2, 0.25) is 0 Å². The van der Waals surface area contributed by atoms with Gasteiger partial charge in [0.25, 0.3) is 0 Å². The number of benzene rings is 1. The monoisotopic (exact) mass is 196 g/mol. The average molecular weight is 196 g/mol. The molecular weight excluding hydrogens is 180 g/mol. The van der Waals surface area contributed by atoms with E-state index < -0.39 is 0 Å². The Morgan fingerprint density at radius 2 is 1.93 bits per heavy atom. The molecule has 0 aliphatic heterocycles. The summed E-state index contributed by atoms with van der Waals surface area (Å²) in [6.07, 6.45) is 0. The topological polar surface area (TPSA) is 46.5 Å². The average Bonchev–Trinajstić information content (AvgIpc) is 2.21. The van der Waals surface area contributed by atoms with Gasteiger partial charge in [-0.3, -0.25) is 4.79 Å². The van der Waals surface area contributed by atoms with Crippen molar-refractivity contribution in [3.05, 3.63) is 35.9 Å². The zero-order chi connectivity index (χ0) is 10.8. The van der Waals surface area contributed by atoms with Crippen molar-refractivity contribution in [1.82, 2.24) is 0 Å². The Morgan fingerprint density at radius 3 is 2.14 bits per heavy atom. The lowest BCUT2D eigenvalue weighted by molar-refractivity contribution is 0.101. The third-order valence-electron chi connectivity index (χ3n) is 1.48. The van der Waals surface area contributed by atoms with E-state index in [1.54, 1.807) is 14.0 Å². The molecule has 1 aromatic rings. The van der Waals surface area contributed by atoms with Gasteiger partial charge in [-0.15, -0.1) is 0 Å². The van der Waals surface area contributed by atoms with Gasteiger partial charge in [-0.2, -0.15) is 0 Å². The van der Waals surface area contributed by atoms with E-state index in [2.05, 4.69) is 4.74 Å². The summed E-state index contributed by atoms with van der Waals surface area (Å²) in [6, 6.07) is 9.23. The lowest BCUT2D eigenvalue weighted by Crippen LogP contribution is -1.91. The fourth-order valence-electron chi connectivity index (χ4n) is 0.764. The van der Waals surface area contributed by atoms with Gasteiger partial charge in [0, 0.05) is 12.7 Å². The smallest absolute Gasteiger partial charge is 0.159 e. The maximum absolute atomic E-state index is 10.6. The van der Waals surface area contributed by atoms with Crippen molar-refractivity contribution in [3.63, 3.8) is 0 Å². The van der Waals surface area contributed by atoms with Crippen molar-refractivity contribution in [3.8, 4) is 0 Å². The summed E-state index contributed by atoms with van der Waals surface area (Å²) in [5.41, 5.74) is 0.775. The van der Waals surface area contributed by atoms with Crippen molar-refractivity contribution in [2.45, 2.75) is 6.92 Å². The van der Waals surface area contributed by atoms with Crippen LogP contribution in [0.1, 0.15) is 17.3 Å². The number of aliphatic hydroxyl groups is 1. The predicted octanol–water partition coefficient (Wildman–Crippen LogP) is 1.51. The molecule has 1 rings (SSSR count). The molecule has 0 bridgehead atoms. The Morgan fingerprint density at radius 1 is 1.36 bits per heavy atom. The summed E-state index contributed by atoms with van der Waals surface area (Å²) >= 11 is 0. The van der Waals surface area contributed by atoms with Crippen LogP contribution in [0.2, 0.25) is 0 Å². The van der Waals surface area contributed by atoms with Gasteiger partial charge < -0.3 is 9.84 Å². The minimum absolute atomic E-state index is 0.121. The zero-order valence-electron chi connectivity index (χ0n) is 8.56. The number of rotatable bonds is 3. The van der Waals surface area contributed by atoms with Crippen molar-refractivity contribution >= 4 is 5.78 Å². The van der Waals surface area contributed by atoms with Crippen LogP contribution in [0.15, 0.2) is 30.3 Å². The number of Topliss-reactive ketones (excluding diaryl/α,β-unsaturated/α-hetero) is 1. The molecule has 0 amide bonds. The van der Waals surface area contributed by atoms with E-state index >= 15 is 0 Å². The van der Waals surface area contributed by atoms with Crippen LogP contribution in [0.3, 0.4) is 0 Å². The summed E-state index contributed by atoms with van der Waals surface area (Å²) in [5.74, 6) is 0.121. The normalized spacial score (nSPS) is 8.79. The SMILES string of the molecule is CC(=O)c1ccccc1.COCCO. The Bertz CT molecular complexity index is 242. The van der Waals surface area contributed by atoms with Gasteiger partial charge in [0.1, 0.15) is 0 Å². The molecule has 0 aliphatic carbocycles. The molecule has 1 N–H and O–H groups in total. The minimum Gasteiger partial charge on any atom is -0.394 e. The van der Waals surface area contributed by atoms with E-state index in [1.807, 2.05) is 30.3 Å². The van der Waals surface area contributed by atoms with Gasteiger partial charge in [-0.25, -0.2) is 0 Å². The van der Waals surface area contributed by atoms with Crippen LogP contribution in [0.5, 0.6) is 0 Å². The molecule has 0 spiro atoms. The zero-order valence-corrected chi connectivity index (χ0v) is 8.56. The van der Waals surface area contributed by atoms with Crippen molar-refractivity contribution in [2.24, 2.45) is 0 Å². The molecule has 3 nitrogen and oxygen atoms in total. The molecule has 1 aromatic carbocycles. The molecule has 0 saturated heterocycles. The first-order chi connectivity index (χ1) is 6.72. The Hall–Kier alpha value is -1.19. The van der Waals surface area contributed by atoms with E-state index in [4.69, 9.17) is 5.11 Å². The first kappa shape index (κ1) is 12.8. The van der Waals surface area contributed by atoms with Crippen molar-refractivity contribution in [2.75, 3.05) is 20.3 Å². The van der Waals surface area contributed by atoms with E-state index in [0.717, 1.165) is 5.56 Å². The maximum Gasteiger partial charge on any atom is 0.159 e. The fraction of sp³-hybridized carbons (Fsp3) is 0.364. The summed E-state index contributed by atoms with van der Waals surface area (Å²) < 4.78 is 4.44. The standard InChI is InChI=1S/C8H8O.C3H8O2/c1-7(9)8-5-3-2-4-6-8;1-5-3-2-4/h2-6H,1H3;4H,2-3H2,1H3. The number of methoxy groups -OCH3 is 1. The Labute approximate surface area is 84.3 Å². The molecule has 0 saturated carbocycles. The van der Waals surface area contributed by atoms with Crippen LogP contribution in [-0.4, -0.2) is 31.2 Å². The number of ether oxygens (including phenoxy) is 1. The van der Waals surface area contributed by atoms with Crippen LogP contribution in [-0.2, 0) is 4.74 Å². The van der Waals surface area contributed by atoms with E-state index in [9.17, 15) is 4.79 Å². The quantitative estimate of drug-likeness (QED) is 0.745. The van der Waals surface area contributed by atoms with Crippen LogP contribution in [0, 0.1) is 0 Å². The molecule has 78 valence electrons. The number of carbonyl (C=O) groups excluding carboxylic acids is 1. The van der Waals surface area contributed by atoms with Gasteiger partial charge in [-0.05, 0) is 6.92 Å². The summed E-state index contributed by atoms with van der Waals surface area (Å²) in [6.45, 7) is 2.13. The lowest BCUT2D eigenvalue weighted by atomic mass is 10.2. The molecule has 0 radical (unpaired) electrons. The summed E-state index contributed by atoms with van der Waals surface area (Å²) in [4.78, 5) is 10.6. The largest absolute Gasteiger partial charge is 0.394 e. The second-order valence-corrected chi connectivity index (χ2v) is 2.64. The molecule has 14 heavy (non-hydrogen) atoms. The molecule has 0 fully saturated rings. The number of hydrogen-bond donors (Lipinski definition) is 1. The molecule has 0 heterocycles. The third kappa shape index (κ3) is 6.34. The molecule has 0 unspecified atom stereocenters. The van der Waals surface area contributed by atoms with Crippen molar-refractivity contribution < 1.29 is 14.6 Å². The number of carbonyl (C=O) groups is 1. The second kappa shape index (κ2) is 8.41. The third-order valence-corrected chi connectivity index (χ3v) is 1.48. The fourth-order valence-corrected chi connectivity index (χ4v) is 0.764. The van der Waals surface area contributed by atoms with Gasteiger partial charge in [-0.1, -0.05) is 30.3 Å². The highest BCUT2D eigenvalue weighted by Crippen LogP contribution is 1.97. The van der Waals surface area contributed by atoms with Gasteiger partial charge in [0.05, 0.1) is 13.2 Å². The van der Waals surface area contributed by atoms with Crippen molar-refractivity contribution in [1.29, 1.82) is 0 Å². The van der Waals surface area contributed by atoms with Crippen LogP contribution in [0.25, 0.3) is 0 Å². The molecule has 0 aromatic heterocycles. The first-order valence-electron chi connectivity index (χ1n) is 4.38. The van der Waals surface area contributed by atoms with Gasteiger partial charge in [0.15, 0.2) is 5.78 Å². The van der Waals surface area contributed by atoms with E-state index in [1.165, 1.54) is 0 Å². The number of ketones is 1. The summed E-state index contributed by atoms with van der Waals surface area (Å²) in [7, 11) is 1.55. The molecular formula is C11H16O3. The number of hydrogen-bond acceptors (Lipinski definition) is 3. The van der Waals surface area contributed by atoms with Crippen LogP contribution >= 0.6 is 0 Å². The Balaban J connectivity index is 0.000000292. The van der Waals surface area contributed by atoms with E-state index in [0.29, 0.717) is 6.61 Å². The molecule has 0 atom stereocenters. The molecule has 3 heteroatoms. The predicted molar refractivity (Wildman–Crippen MR) is 55.4 cm³/mol. The highest BCUT2D eigenvalue weighted by atomic mass is 16.5.